The standard InChI is InChI=1S/C13H10N2O/c14-8-12-6-7-15(13(12)10-16)9-11-4-2-1-3-5-11/h1-7,10H,9H2. The van der Waals surface area contributed by atoms with Crippen LogP contribution in [0.5, 0.6) is 0 Å². The molecule has 3 nitrogen and oxygen atoms in total. The molecule has 0 saturated heterocycles. The van der Waals surface area contributed by atoms with Crippen molar-refractivity contribution in [1.82, 2.24) is 4.57 Å². The van der Waals surface area contributed by atoms with Crippen LogP contribution in [0.4, 0.5) is 0 Å². The molecule has 78 valence electrons. The Labute approximate surface area is 93.6 Å². The van der Waals surface area contributed by atoms with E-state index < -0.39 is 0 Å². The Kier molecular flexibility index (Phi) is 2.84. The number of carbonyl (C=O) groups excluding carboxylic acids is 1. The molecule has 1 aromatic carbocycles. The lowest BCUT2D eigenvalue weighted by molar-refractivity contribution is 0.111. The van der Waals surface area contributed by atoms with Crippen LogP contribution in [-0.2, 0) is 6.54 Å². The number of nitrogens with zero attached hydrogens (tertiary/aromatic N) is 2. The third-order valence-electron chi connectivity index (χ3n) is 2.43. The Morgan fingerprint density at radius 3 is 2.62 bits per heavy atom. The zero-order valence-corrected chi connectivity index (χ0v) is 8.63. The Hall–Kier alpha value is -2.34. The second kappa shape index (κ2) is 4.45. The van der Waals surface area contributed by atoms with Gasteiger partial charge >= 0.3 is 0 Å². The molecule has 0 N–H and O–H groups in total. The highest BCUT2D eigenvalue weighted by Crippen LogP contribution is 2.10. The van der Waals surface area contributed by atoms with Crippen molar-refractivity contribution in [3.63, 3.8) is 0 Å². The molecule has 0 amide bonds. The molecular formula is C13H10N2O. The highest BCUT2D eigenvalue weighted by atomic mass is 16.1. The molecule has 2 rings (SSSR count). The van der Waals surface area contributed by atoms with Crippen LogP contribution in [0.3, 0.4) is 0 Å². The minimum absolute atomic E-state index is 0.422. The third kappa shape index (κ3) is 1.86. The SMILES string of the molecule is N#Cc1ccn(Cc2ccccc2)c1C=O. The molecule has 0 spiro atoms. The van der Waals surface area contributed by atoms with Gasteiger partial charge in [0.1, 0.15) is 6.07 Å². The van der Waals surface area contributed by atoms with Gasteiger partial charge in [-0.3, -0.25) is 4.79 Å². The minimum Gasteiger partial charge on any atom is -0.340 e. The van der Waals surface area contributed by atoms with Crippen LogP contribution in [0.1, 0.15) is 21.6 Å². The summed E-state index contributed by atoms with van der Waals surface area (Å²) in [7, 11) is 0. The lowest BCUT2D eigenvalue weighted by atomic mass is 10.2. The predicted molar refractivity (Wildman–Crippen MR) is 60.1 cm³/mol. The van der Waals surface area contributed by atoms with Gasteiger partial charge in [0, 0.05) is 12.7 Å². The number of benzene rings is 1. The summed E-state index contributed by atoms with van der Waals surface area (Å²) in [6.07, 6.45) is 2.48. The molecule has 0 atom stereocenters. The summed E-state index contributed by atoms with van der Waals surface area (Å²) in [5, 5.41) is 8.81. The predicted octanol–water partition coefficient (Wildman–Crippen LogP) is 2.22. The molecule has 1 aromatic heterocycles. The van der Waals surface area contributed by atoms with Gasteiger partial charge < -0.3 is 4.57 Å². The third-order valence-corrected chi connectivity index (χ3v) is 2.43. The quantitative estimate of drug-likeness (QED) is 0.729. The summed E-state index contributed by atoms with van der Waals surface area (Å²) < 4.78 is 1.78. The van der Waals surface area contributed by atoms with Crippen LogP contribution in [0.25, 0.3) is 0 Å². The fraction of sp³-hybridized carbons (Fsp3) is 0.0769. The first kappa shape index (κ1) is 10.2. The minimum atomic E-state index is 0.422. The fourth-order valence-corrected chi connectivity index (χ4v) is 1.63. The van der Waals surface area contributed by atoms with Crippen molar-refractivity contribution in [2.45, 2.75) is 6.54 Å². The van der Waals surface area contributed by atoms with Crippen LogP contribution in [-0.4, -0.2) is 10.9 Å². The smallest absolute Gasteiger partial charge is 0.167 e. The van der Waals surface area contributed by atoms with Gasteiger partial charge in [0.15, 0.2) is 6.29 Å². The molecule has 0 bridgehead atoms. The van der Waals surface area contributed by atoms with Crippen LogP contribution < -0.4 is 0 Å². The first-order chi connectivity index (χ1) is 7.85. The van der Waals surface area contributed by atoms with E-state index in [2.05, 4.69) is 0 Å². The molecular weight excluding hydrogens is 200 g/mol. The maximum atomic E-state index is 10.9. The molecule has 0 aliphatic carbocycles. The summed E-state index contributed by atoms with van der Waals surface area (Å²) in [4.78, 5) is 10.9. The first-order valence-electron chi connectivity index (χ1n) is 4.93. The van der Waals surface area contributed by atoms with Crippen molar-refractivity contribution in [2.24, 2.45) is 0 Å². The van der Waals surface area contributed by atoms with Gasteiger partial charge in [0.05, 0.1) is 11.3 Å². The Bertz CT molecular complexity index is 535. The number of aromatic nitrogens is 1. The number of rotatable bonds is 3. The second-order valence-electron chi connectivity index (χ2n) is 3.46. The summed E-state index contributed by atoms with van der Waals surface area (Å²) in [5.74, 6) is 0. The van der Waals surface area contributed by atoms with E-state index in [1.807, 2.05) is 36.4 Å². The van der Waals surface area contributed by atoms with E-state index in [1.54, 1.807) is 16.8 Å². The van der Waals surface area contributed by atoms with E-state index >= 15 is 0 Å². The van der Waals surface area contributed by atoms with Crippen molar-refractivity contribution in [1.29, 1.82) is 5.26 Å². The molecule has 2 aromatic rings. The first-order valence-corrected chi connectivity index (χ1v) is 4.93. The van der Waals surface area contributed by atoms with Gasteiger partial charge in [-0.15, -0.1) is 0 Å². The number of nitriles is 1. The number of hydrogen-bond acceptors (Lipinski definition) is 2. The van der Waals surface area contributed by atoms with Gasteiger partial charge in [0.2, 0.25) is 0 Å². The van der Waals surface area contributed by atoms with E-state index in [1.165, 1.54) is 0 Å². The molecule has 0 fully saturated rings. The van der Waals surface area contributed by atoms with E-state index in [0.717, 1.165) is 11.8 Å². The van der Waals surface area contributed by atoms with E-state index in [4.69, 9.17) is 5.26 Å². The van der Waals surface area contributed by atoms with Crippen LogP contribution in [0.2, 0.25) is 0 Å². The summed E-state index contributed by atoms with van der Waals surface area (Å²) in [6, 6.07) is 13.5. The zero-order valence-electron chi connectivity index (χ0n) is 8.63. The topological polar surface area (TPSA) is 45.8 Å². The van der Waals surface area contributed by atoms with Crippen molar-refractivity contribution in [3.8, 4) is 6.07 Å². The summed E-state index contributed by atoms with van der Waals surface area (Å²) in [6.45, 7) is 0.608. The average Bonchev–Trinajstić information content (AvgIpc) is 2.72. The van der Waals surface area contributed by atoms with Crippen LogP contribution >= 0.6 is 0 Å². The average molecular weight is 210 g/mol. The molecule has 16 heavy (non-hydrogen) atoms. The van der Waals surface area contributed by atoms with Gasteiger partial charge in [-0.1, -0.05) is 30.3 Å². The molecule has 0 saturated carbocycles. The summed E-state index contributed by atoms with van der Waals surface area (Å²) in [5.41, 5.74) is 1.96. The highest BCUT2D eigenvalue weighted by Gasteiger charge is 2.07. The molecule has 0 unspecified atom stereocenters. The number of carbonyl (C=O) groups is 1. The largest absolute Gasteiger partial charge is 0.340 e. The van der Waals surface area contributed by atoms with Crippen molar-refractivity contribution >= 4 is 6.29 Å². The van der Waals surface area contributed by atoms with Gasteiger partial charge in [-0.25, -0.2) is 0 Å². The number of aldehydes is 1. The lowest BCUT2D eigenvalue weighted by Crippen LogP contribution is -2.03. The van der Waals surface area contributed by atoms with Crippen molar-refractivity contribution in [2.75, 3.05) is 0 Å². The van der Waals surface area contributed by atoms with Gasteiger partial charge in [0.25, 0.3) is 0 Å². The zero-order chi connectivity index (χ0) is 11.4. The second-order valence-corrected chi connectivity index (χ2v) is 3.46. The molecule has 1 heterocycles. The maximum absolute atomic E-state index is 10.9. The number of hydrogen-bond donors (Lipinski definition) is 0. The Morgan fingerprint density at radius 2 is 2.00 bits per heavy atom. The highest BCUT2D eigenvalue weighted by molar-refractivity contribution is 5.77. The normalized spacial score (nSPS) is 9.69. The van der Waals surface area contributed by atoms with Gasteiger partial charge in [-0.2, -0.15) is 5.26 Å². The Balaban J connectivity index is 2.33. The molecule has 0 aliphatic heterocycles. The van der Waals surface area contributed by atoms with Crippen LogP contribution in [0, 0.1) is 11.3 Å². The molecule has 0 aliphatic rings. The monoisotopic (exact) mass is 210 g/mol. The van der Waals surface area contributed by atoms with Crippen LogP contribution in [0.15, 0.2) is 42.6 Å². The molecule has 3 heteroatoms. The van der Waals surface area contributed by atoms with E-state index in [-0.39, 0.29) is 0 Å². The summed E-state index contributed by atoms with van der Waals surface area (Å²) >= 11 is 0. The van der Waals surface area contributed by atoms with Crippen molar-refractivity contribution < 1.29 is 4.79 Å². The van der Waals surface area contributed by atoms with E-state index in [9.17, 15) is 4.79 Å². The fourth-order valence-electron chi connectivity index (χ4n) is 1.63. The Morgan fingerprint density at radius 1 is 1.25 bits per heavy atom. The van der Waals surface area contributed by atoms with Gasteiger partial charge in [-0.05, 0) is 11.6 Å². The lowest BCUT2D eigenvalue weighted by Gasteiger charge is -2.05. The maximum Gasteiger partial charge on any atom is 0.167 e. The molecule has 0 radical (unpaired) electrons. The van der Waals surface area contributed by atoms with E-state index in [0.29, 0.717) is 17.8 Å². The van der Waals surface area contributed by atoms with Crippen molar-refractivity contribution in [3.05, 3.63) is 59.4 Å².